The van der Waals surface area contributed by atoms with Crippen molar-refractivity contribution in [3.8, 4) is 6.07 Å². The van der Waals surface area contributed by atoms with Crippen LogP contribution in [-0.4, -0.2) is 0 Å². The van der Waals surface area contributed by atoms with Gasteiger partial charge >= 0.3 is 0 Å². The van der Waals surface area contributed by atoms with Crippen LogP contribution in [-0.2, 0) is 0 Å². The van der Waals surface area contributed by atoms with Gasteiger partial charge in [-0.25, -0.2) is 8.78 Å². The van der Waals surface area contributed by atoms with Gasteiger partial charge in [0.1, 0.15) is 11.6 Å². The molecule has 0 fully saturated rings. The van der Waals surface area contributed by atoms with E-state index >= 15 is 0 Å². The van der Waals surface area contributed by atoms with Crippen molar-refractivity contribution in [2.45, 2.75) is 26.7 Å². The molecule has 17 heavy (non-hydrogen) atoms. The fourth-order valence-electron chi connectivity index (χ4n) is 1.56. The Morgan fingerprint density at radius 3 is 2.59 bits per heavy atom. The summed E-state index contributed by atoms with van der Waals surface area (Å²) < 4.78 is 27.3. The standard InChI is InChI=1S/C13H14F2N2/c1-3-4-9(7-16)13(17)11-10(14)6-5-8(2)12(11)15/h5-6H,3-4,17H2,1-2H3/b13-9-. The number of aryl methyl sites for hydroxylation is 1. The first-order valence-corrected chi connectivity index (χ1v) is 5.36. The fourth-order valence-corrected chi connectivity index (χ4v) is 1.56. The molecule has 90 valence electrons. The molecule has 0 atom stereocenters. The molecule has 0 saturated heterocycles. The van der Waals surface area contributed by atoms with Crippen molar-refractivity contribution in [1.82, 2.24) is 0 Å². The number of benzene rings is 1. The highest BCUT2D eigenvalue weighted by Crippen LogP contribution is 2.24. The van der Waals surface area contributed by atoms with E-state index in [9.17, 15) is 8.78 Å². The monoisotopic (exact) mass is 236 g/mol. The second-order valence-electron chi connectivity index (χ2n) is 3.81. The van der Waals surface area contributed by atoms with Crippen LogP contribution in [0.4, 0.5) is 8.78 Å². The van der Waals surface area contributed by atoms with Crippen molar-refractivity contribution in [3.05, 3.63) is 40.5 Å². The highest BCUT2D eigenvalue weighted by Gasteiger charge is 2.16. The molecule has 0 aliphatic rings. The Bertz CT molecular complexity index is 499. The lowest BCUT2D eigenvalue weighted by atomic mass is 10.0. The zero-order valence-electron chi connectivity index (χ0n) is 9.85. The van der Waals surface area contributed by atoms with Gasteiger partial charge in [-0.1, -0.05) is 19.4 Å². The zero-order chi connectivity index (χ0) is 13.0. The third-order valence-electron chi connectivity index (χ3n) is 2.51. The number of nitrogens with zero attached hydrogens (tertiary/aromatic N) is 1. The lowest BCUT2D eigenvalue weighted by molar-refractivity contribution is 0.570. The van der Waals surface area contributed by atoms with Gasteiger partial charge in [0, 0.05) is 0 Å². The quantitative estimate of drug-likeness (QED) is 0.819. The summed E-state index contributed by atoms with van der Waals surface area (Å²) in [6.07, 6.45) is 1.10. The average molecular weight is 236 g/mol. The van der Waals surface area contributed by atoms with Crippen LogP contribution in [0.5, 0.6) is 0 Å². The van der Waals surface area contributed by atoms with Crippen LogP contribution in [0.25, 0.3) is 5.70 Å². The van der Waals surface area contributed by atoms with Gasteiger partial charge in [-0.15, -0.1) is 0 Å². The molecule has 2 nitrogen and oxygen atoms in total. The maximum atomic E-state index is 13.8. The minimum Gasteiger partial charge on any atom is -0.397 e. The molecule has 0 aliphatic carbocycles. The molecule has 0 aliphatic heterocycles. The molecule has 0 heterocycles. The summed E-state index contributed by atoms with van der Waals surface area (Å²) in [5, 5.41) is 8.91. The van der Waals surface area contributed by atoms with Crippen LogP contribution in [0.15, 0.2) is 17.7 Å². The largest absolute Gasteiger partial charge is 0.397 e. The molecule has 0 spiro atoms. The highest BCUT2D eigenvalue weighted by molar-refractivity contribution is 5.70. The van der Waals surface area contributed by atoms with Gasteiger partial charge in [0.25, 0.3) is 0 Å². The first-order valence-electron chi connectivity index (χ1n) is 5.36. The molecule has 4 heteroatoms. The lowest BCUT2D eigenvalue weighted by Crippen LogP contribution is -2.07. The Hall–Kier alpha value is -1.89. The predicted octanol–water partition coefficient (Wildman–Crippen LogP) is 3.27. The molecule has 0 radical (unpaired) electrons. The fraction of sp³-hybridized carbons (Fsp3) is 0.308. The van der Waals surface area contributed by atoms with Crippen molar-refractivity contribution >= 4 is 5.70 Å². The number of hydrogen-bond donors (Lipinski definition) is 1. The molecule has 1 rings (SSSR count). The van der Waals surface area contributed by atoms with Crippen LogP contribution < -0.4 is 5.73 Å². The van der Waals surface area contributed by atoms with Crippen molar-refractivity contribution in [3.63, 3.8) is 0 Å². The number of nitrogens with two attached hydrogens (primary N) is 1. The van der Waals surface area contributed by atoms with Gasteiger partial charge in [0.15, 0.2) is 0 Å². The molecular formula is C13H14F2N2. The van der Waals surface area contributed by atoms with Crippen molar-refractivity contribution in [2.24, 2.45) is 5.73 Å². The summed E-state index contributed by atoms with van der Waals surface area (Å²) in [6.45, 7) is 3.39. The van der Waals surface area contributed by atoms with Gasteiger partial charge in [0.05, 0.1) is 22.9 Å². The first-order chi connectivity index (χ1) is 8.02. The molecule has 0 saturated carbocycles. The topological polar surface area (TPSA) is 49.8 Å². The highest BCUT2D eigenvalue weighted by atomic mass is 19.1. The number of halogens is 2. The van der Waals surface area contributed by atoms with Gasteiger partial charge in [-0.3, -0.25) is 0 Å². The first kappa shape index (κ1) is 13.2. The Kier molecular flexibility index (Phi) is 4.22. The molecule has 0 aromatic heterocycles. The lowest BCUT2D eigenvalue weighted by Gasteiger charge is -2.09. The van der Waals surface area contributed by atoms with Crippen LogP contribution in [0.3, 0.4) is 0 Å². The van der Waals surface area contributed by atoms with Crippen molar-refractivity contribution in [1.29, 1.82) is 5.26 Å². The molecule has 0 bridgehead atoms. The van der Waals surface area contributed by atoms with Gasteiger partial charge in [-0.05, 0) is 25.0 Å². The van der Waals surface area contributed by atoms with E-state index in [1.807, 2.05) is 13.0 Å². The van der Waals surface area contributed by atoms with Crippen LogP contribution in [0.1, 0.15) is 30.9 Å². The normalized spacial score (nSPS) is 11.9. The van der Waals surface area contributed by atoms with E-state index in [4.69, 9.17) is 11.0 Å². The summed E-state index contributed by atoms with van der Waals surface area (Å²) >= 11 is 0. The van der Waals surface area contributed by atoms with E-state index in [0.29, 0.717) is 18.4 Å². The number of nitriles is 1. The van der Waals surface area contributed by atoms with Crippen molar-refractivity contribution < 1.29 is 8.78 Å². The molecule has 0 unspecified atom stereocenters. The van der Waals surface area contributed by atoms with E-state index in [2.05, 4.69) is 0 Å². The van der Waals surface area contributed by atoms with E-state index in [-0.39, 0.29) is 16.8 Å². The predicted molar refractivity (Wildman–Crippen MR) is 62.7 cm³/mol. The summed E-state index contributed by atoms with van der Waals surface area (Å²) in [4.78, 5) is 0. The summed E-state index contributed by atoms with van der Waals surface area (Å²) in [7, 11) is 0. The molecule has 2 N–H and O–H groups in total. The molecule has 1 aromatic rings. The van der Waals surface area contributed by atoms with Crippen LogP contribution in [0.2, 0.25) is 0 Å². The Morgan fingerprint density at radius 2 is 2.06 bits per heavy atom. The SMILES string of the molecule is CCC/C(C#N)=C(/N)c1c(F)ccc(C)c1F. The van der Waals surface area contributed by atoms with Crippen LogP contribution >= 0.6 is 0 Å². The number of allylic oxidation sites excluding steroid dienone is 1. The minimum absolute atomic E-state index is 0.104. The molecule has 1 aromatic carbocycles. The Balaban J connectivity index is 3.43. The molecule has 0 amide bonds. The summed E-state index contributed by atoms with van der Waals surface area (Å²) in [6, 6.07) is 4.39. The average Bonchev–Trinajstić information content (AvgIpc) is 2.31. The summed E-state index contributed by atoms with van der Waals surface area (Å²) in [5.41, 5.74) is 5.81. The van der Waals surface area contributed by atoms with E-state index in [0.717, 1.165) is 6.07 Å². The second kappa shape index (κ2) is 5.44. The maximum Gasteiger partial charge on any atom is 0.138 e. The van der Waals surface area contributed by atoms with Gasteiger partial charge in [-0.2, -0.15) is 5.26 Å². The third-order valence-corrected chi connectivity index (χ3v) is 2.51. The number of rotatable bonds is 3. The zero-order valence-corrected chi connectivity index (χ0v) is 9.85. The Morgan fingerprint density at radius 1 is 1.41 bits per heavy atom. The smallest absolute Gasteiger partial charge is 0.138 e. The summed E-state index contributed by atoms with van der Waals surface area (Å²) in [5.74, 6) is -1.44. The van der Waals surface area contributed by atoms with E-state index in [1.165, 1.54) is 13.0 Å². The van der Waals surface area contributed by atoms with E-state index in [1.54, 1.807) is 0 Å². The minimum atomic E-state index is -0.741. The Labute approximate surface area is 99.4 Å². The third kappa shape index (κ3) is 2.62. The van der Waals surface area contributed by atoms with Crippen LogP contribution in [0, 0.1) is 29.9 Å². The maximum absolute atomic E-state index is 13.8. The second-order valence-corrected chi connectivity index (χ2v) is 3.81. The number of hydrogen-bond acceptors (Lipinski definition) is 2. The molecular weight excluding hydrogens is 222 g/mol. The van der Waals surface area contributed by atoms with Crippen molar-refractivity contribution in [2.75, 3.05) is 0 Å². The van der Waals surface area contributed by atoms with Gasteiger partial charge in [0.2, 0.25) is 0 Å². The van der Waals surface area contributed by atoms with E-state index < -0.39 is 11.6 Å². The van der Waals surface area contributed by atoms with Gasteiger partial charge < -0.3 is 5.73 Å².